The molecule has 0 bridgehead atoms. The third-order valence-electron chi connectivity index (χ3n) is 2.34. The van der Waals surface area contributed by atoms with Crippen molar-refractivity contribution in [1.29, 1.82) is 0 Å². The third kappa shape index (κ3) is 2.08. The van der Waals surface area contributed by atoms with Crippen LogP contribution in [0.3, 0.4) is 0 Å². The number of anilines is 1. The zero-order chi connectivity index (χ0) is 12.6. The molecule has 2 aromatic carbocycles. The van der Waals surface area contributed by atoms with Gasteiger partial charge in [-0.25, -0.2) is 13.2 Å². The number of hydrogen-bond acceptors (Lipinski definition) is 1. The van der Waals surface area contributed by atoms with Crippen LogP contribution < -0.4 is 5.73 Å². The van der Waals surface area contributed by atoms with Gasteiger partial charge in [0, 0.05) is 11.1 Å². The Kier molecular flexibility index (Phi) is 2.98. The number of halogens is 4. The molecule has 0 heterocycles. The van der Waals surface area contributed by atoms with Crippen molar-refractivity contribution >= 4 is 17.3 Å². The summed E-state index contributed by atoms with van der Waals surface area (Å²) in [7, 11) is 0. The summed E-state index contributed by atoms with van der Waals surface area (Å²) in [4.78, 5) is 0. The summed E-state index contributed by atoms with van der Waals surface area (Å²) in [5.74, 6) is -2.77. The maximum atomic E-state index is 13.5. The molecule has 0 saturated heterocycles. The van der Waals surface area contributed by atoms with Gasteiger partial charge in [0.25, 0.3) is 0 Å². The van der Waals surface area contributed by atoms with Crippen molar-refractivity contribution in [2.75, 3.05) is 5.73 Å². The summed E-state index contributed by atoms with van der Waals surface area (Å²) < 4.78 is 39.8. The zero-order valence-electron chi connectivity index (χ0n) is 8.48. The van der Waals surface area contributed by atoms with E-state index in [-0.39, 0.29) is 21.8 Å². The molecule has 0 atom stereocenters. The first-order valence-electron chi connectivity index (χ1n) is 4.69. The lowest BCUT2D eigenvalue weighted by atomic mass is 10.0. The second-order valence-corrected chi connectivity index (χ2v) is 3.86. The lowest BCUT2D eigenvalue weighted by Crippen LogP contribution is -1.96. The van der Waals surface area contributed by atoms with Gasteiger partial charge in [0.15, 0.2) is 11.6 Å². The monoisotopic (exact) mass is 257 g/mol. The fourth-order valence-electron chi connectivity index (χ4n) is 1.52. The summed E-state index contributed by atoms with van der Waals surface area (Å²) in [6.07, 6.45) is 0. The number of rotatable bonds is 1. The molecule has 0 radical (unpaired) electrons. The average Bonchev–Trinajstić information content (AvgIpc) is 2.27. The highest BCUT2D eigenvalue weighted by atomic mass is 35.5. The van der Waals surface area contributed by atoms with E-state index in [9.17, 15) is 13.2 Å². The molecule has 0 aliphatic heterocycles. The van der Waals surface area contributed by atoms with E-state index in [0.29, 0.717) is 0 Å². The van der Waals surface area contributed by atoms with Crippen LogP contribution in [0.15, 0.2) is 30.3 Å². The minimum Gasteiger partial charge on any atom is -0.397 e. The number of benzene rings is 2. The van der Waals surface area contributed by atoms with Crippen LogP contribution in [0.25, 0.3) is 11.1 Å². The standard InChI is InChI=1S/C12H7ClF3N/c13-9-5-6(14)4-8(12(9)17)7-2-1-3-10(15)11(7)16/h1-5H,17H2. The van der Waals surface area contributed by atoms with Gasteiger partial charge in [-0.2, -0.15) is 0 Å². The number of nitrogen functional groups attached to an aromatic ring is 1. The van der Waals surface area contributed by atoms with E-state index < -0.39 is 17.5 Å². The van der Waals surface area contributed by atoms with Crippen LogP contribution in [0.5, 0.6) is 0 Å². The van der Waals surface area contributed by atoms with E-state index in [2.05, 4.69) is 0 Å². The van der Waals surface area contributed by atoms with Crippen LogP contribution in [0, 0.1) is 17.5 Å². The Morgan fingerprint density at radius 3 is 2.41 bits per heavy atom. The summed E-state index contributed by atoms with van der Waals surface area (Å²) in [5.41, 5.74) is 5.54. The maximum Gasteiger partial charge on any atom is 0.166 e. The normalized spacial score (nSPS) is 10.6. The SMILES string of the molecule is Nc1c(Cl)cc(F)cc1-c1cccc(F)c1F. The Hall–Kier alpha value is -1.68. The van der Waals surface area contributed by atoms with Gasteiger partial charge in [0.2, 0.25) is 0 Å². The molecule has 2 rings (SSSR count). The van der Waals surface area contributed by atoms with Crippen molar-refractivity contribution in [3.8, 4) is 11.1 Å². The average molecular weight is 258 g/mol. The second-order valence-electron chi connectivity index (χ2n) is 3.45. The predicted molar refractivity (Wildman–Crippen MR) is 61.2 cm³/mol. The quantitative estimate of drug-likeness (QED) is 0.768. The molecular weight excluding hydrogens is 251 g/mol. The molecule has 0 saturated carbocycles. The topological polar surface area (TPSA) is 26.0 Å². The van der Waals surface area contributed by atoms with Crippen LogP contribution in [-0.4, -0.2) is 0 Å². The fourth-order valence-corrected chi connectivity index (χ4v) is 1.73. The van der Waals surface area contributed by atoms with Crippen LogP contribution in [-0.2, 0) is 0 Å². The van der Waals surface area contributed by atoms with Crippen LogP contribution >= 0.6 is 11.6 Å². The molecular formula is C12H7ClF3N. The summed E-state index contributed by atoms with van der Waals surface area (Å²) >= 11 is 5.68. The molecule has 0 fully saturated rings. The molecule has 0 amide bonds. The van der Waals surface area contributed by atoms with Gasteiger partial charge in [-0.05, 0) is 18.2 Å². The lowest BCUT2D eigenvalue weighted by Gasteiger charge is -2.09. The molecule has 88 valence electrons. The van der Waals surface area contributed by atoms with Gasteiger partial charge in [0.05, 0.1) is 10.7 Å². The largest absolute Gasteiger partial charge is 0.397 e. The van der Waals surface area contributed by atoms with Crippen molar-refractivity contribution in [3.05, 3.63) is 52.8 Å². The Bertz CT molecular complexity index is 584. The molecule has 1 nitrogen and oxygen atoms in total. The minimum atomic E-state index is -1.08. The highest BCUT2D eigenvalue weighted by Gasteiger charge is 2.15. The van der Waals surface area contributed by atoms with Crippen molar-refractivity contribution in [2.45, 2.75) is 0 Å². The van der Waals surface area contributed by atoms with Crippen molar-refractivity contribution in [3.63, 3.8) is 0 Å². The van der Waals surface area contributed by atoms with Gasteiger partial charge >= 0.3 is 0 Å². The molecule has 0 aliphatic carbocycles. The van der Waals surface area contributed by atoms with Gasteiger partial charge in [-0.1, -0.05) is 23.7 Å². The van der Waals surface area contributed by atoms with Gasteiger partial charge in [-0.3, -0.25) is 0 Å². The lowest BCUT2D eigenvalue weighted by molar-refractivity contribution is 0.511. The summed E-state index contributed by atoms with van der Waals surface area (Å²) in [6.45, 7) is 0. The van der Waals surface area contributed by atoms with Crippen LogP contribution in [0.2, 0.25) is 5.02 Å². The zero-order valence-corrected chi connectivity index (χ0v) is 9.23. The Morgan fingerprint density at radius 1 is 1.00 bits per heavy atom. The smallest absolute Gasteiger partial charge is 0.166 e. The predicted octanol–water partition coefficient (Wildman–Crippen LogP) is 4.01. The molecule has 0 spiro atoms. The van der Waals surface area contributed by atoms with Gasteiger partial charge < -0.3 is 5.73 Å². The van der Waals surface area contributed by atoms with Gasteiger partial charge in [-0.15, -0.1) is 0 Å². The van der Waals surface area contributed by atoms with E-state index in [1.165, 1.54) is 12.1 Å². The van der Waals surface area contributed by atoms with Crippen molar-refractivity contribution in [1.82, 2.24) is 0 Å². The molecule has 0 aliphatic rings. The molecule has 17 heavy (non-hydrogen) atoms. The number of hydrogen-bond donors (Lipinski definition) is 1. The molecule has 5 heteroatoms. The van der Waals surface area contributed by atoms with Crippen LogP contribution in [0.1, 0.15) is 0 Å². The Morgan fingerprint density at radius 2 is 1.71 bits per heavy atom. The Labute approximate surface area is 101 Å². The van der Waals surface area contributed by atoms with E-state index in [4.69, 9.17) is 17.3 Å². The highest BCUT2D eigenvalue weighted by molar-refractivity contribution is 6.33. The van der Waals surface area contributed by atoms with Gasteiger partial charge in [0.1, 0.15) is 5.82 Å². The first-order valence-corrected chi connectivity index (χ1v) is 5.07. The number of nitrogens with two attached hydrogens (primary N) is 1. The van der Waals surface area contributed by atoms with Crippen LogP contribution in [0.4, 0.5) is 18.9 Å². The first kappa shape index (κ1) is 11.8. The molecule has 0 unspecified atom stereocenters. The first-order chi connectivity index (χ1) is 8.00. The van der Waals surface area contributed by atoms with Crippen molar-refractivity contribution < 1.29 is 13.2 Å². The van der Waals surface area contributed by atoms with E-state index >= 15 is 0 Å². The summed E-state index contributed by atoms with van der Waals surface area (Å²) in [6, 6.07) is 5.61. The molecule has 2 aromatic rings. The molecule has 2 N–H and O–H groups in total. The summed E-state index contributed by atoms with van der Waals surface area (Å²) in [5, 5.41) is -0.0383. The molecule has 0 aromatic heterocycles. The van der Waals surface area contributed by atoms with E-state index in [1.54, 1.807) is 0 Å². The van der Waals surface area contributed by atoms with E-state index in [0.717, 1.165) is 18.2 Å². The Balaban J connectivity index is 2.73. The highest BCUT2D eigenvalue weighted by Crippen LogP contribution is 2.34. The van der Waals surface area contributed by atoms with Crippen molar-refractivity contribution in [2.24, 2.45) is 0 Å². The second kappa shape index (κ2) is 4.30. The third-order valence-corrected chi connectivity index (χ3v) is 2.65. The maximum absolute atomic E-state index is 13.5. The fraction of sp³-hybridized carbons (Fsp3) is 0. The van der Waals surface area contributed by atoms with E-state index in [1.807, 2.05) is 0 Å². The minimum absolute atomic E-state index is 0.0116.